The van der Waals surface area contributed by atoms with Crippen LogP contribution in [0.3, 0.4) is 0 Å². The first-order valence-electron chi connectivity index (χ1n) is 4.54. The number of hydrogen-bond donors (Lipinski definition) is 1. The molecule has 6 heteroatoms. The molecule has 14 heavy (non-hydrogen) atoms. The average Bonchev–Trinajstić information content (AvgIpc) is 2.87. The summed E-state index contributed by atoms with van der Waals surface area (Å²) in [6.45, 7) is 0. The third-order valence-electron chi connectivity index (χ3n) is 2.06. The number of nitrogens with one attached hydrogen (secondary N) is 1. The van der Waals surface area contributed by atoms with Crippen LogP contribution in [0, 0.1) is 5.92 Å². The molecule has 1 aromatic heterocycles. The number of aromatic nitrogens is 2. The zero-order valence-corrected chi connectivity index (χ0v) is 8.23. The van der Waals surface area contributed by atoms with E-state index in [1.807, 2.05) is 14.1 Å². The minimum absolute atomic E-state index is 0.0204. The lowest BCUT2D eigenvalue weighted by Crippen LogP contribution is -2.53. The van der Waals surface area contributed by atoms with Crippen molar-refractivity contribution in [1.29, 1.82) is 0 Å². The Morgan fingerprint density at radius 3 is 2.93 bits per heavy atom. The topological polar surface area (TPSA) is 62.2 Å². The monoisotopic (exact) mass is 197 g/mol. The van der Waals surface area contributed by atoms with Crippen LogP contribution in [0.4, 0.5) is 5.88 Å². The summed E-state index contributed by atoms with van der Waals surface area (Å²) < 4.78 is 4.91. The molecular weight excluding hydrogens is 184 g/mol. The molecule has 0 radical (unpaired) electrons. The summed E-state index contributed by atoms with van der Waals surface area (Å²) >= 11 is 0. The van der Waals surface area contributed by atoms with Crippen LogP contribution >= 0.6 is 0 Å². The highest BCUT2D eigenvalue weighted by Gasteiger charge is 2.31. The van der Waals surface area contributed by atoms with Crippen molar-refractivity contribution in [2.45, 2.75) is 12.8 Å². The Labute approximate surface area is 81.4 Å². The molecule has 1 aliphatic carbocycles. The smallest absolute Gasteiger partial charge is 0.289 e. The highest BCUT2D eigenvalue weighted by molar-refractivity contribution is 5.92. The predicted octanol–water partition coefficient (Wildman–Crippen LogP) is -0.492. The summed E-state index contributed by atoms with van der Waals surface area (Å²) in [5.74, 6) is 0.579. The summed E-state index contributed by atoms with van der Waals surface area (Å²) in [5.41, 5.74) is 0. The van der Waals surface area contributed by atoms with Crippen LogP contribution in [-0.4, -0.2) is 25.3 Å². The van der Waals surface area contributed by atoms with E-state index in [2.05, 4.69) is 10.6 Å². The van der Waals surface area contributed by atoms with Crippen LogP contribution in [0.15, 0.2) is 10.7 Å². The van der Waals surface area contributed by atoms with Crippen LogP contribution in [-0.2, 0) is 4.79 Å². The fourth-order valence-corrected chi connectivity index (χ4v) is 1.05. The fraction of sp³-hybridized carbons (Fsp3) is 0.625. The van der Waals surface area contributed by atoms with Gasteiger partial charge in [0.05, 0.1) is 18.9 Å². The summed E-state index contributed by atoms with van der Waals surface area (Å²) in [7, 11) is 3.66. The summed E-state index contributed by atoms with van der Waals surface area (Å²) in [4.78, 5) is 12.8. The van der Waals surface area contributed by atoms with Gasteiger partial charge in [0.25, 0.3) is 6.20 Å². The van der Waals surface area contributed by atoms with Gasteiger partial charge in [-0.25, -0.2) is 0 Å². The van der Waals surface area contributed by atoms with Crippen LogP contribution in [0.25, 0.3) is 0 Å². The van der Waals surface area contributed by atoms with Crippen molar-refractivity contribution in [2.75, 3.05) is 24.4 Å². The first-order valence-corrected chi connectivity index (χ1v) is 4.54. The lowest BCUT2D eigenvalue weighted by molar-refractivity contribution is -0.753. The molecule has 0 saturated heterocycles. The van der Waals surface area contributed by atoms with Crippen molar-refractivity contribution in [3.8, 4) is 0 Å². The van der Waals surface area contributed by atoms with Crippen molar-refractivity contribution >= 4 is 11.8 Å². The molecule has 0 spiro atoms. The van der Waals surface area contributed by atoms with E-state index in [4.69, 9.17) is 4.52 Å². The maximum Gasteiger partial charge on any atom is 0.305 e. The molecule has 0 aliphatic heterocycles. The van der Waals surface area contributed by atoms with Gasteiger partial charge < -0.3 is 0 Å². The third kappa shape index (κ3) is 1.84. The van der Waals surface area contributed by atoms with Crippen molar-refractivity contribution in [3.63, 3.8) is 0 Å². The Balaban J connectivity index is 1.98. The van der Waals surface area contributed by atoms with Gasteiger partial charge in [0.15, 0.2) is 0 Å². The van der Waals surface area contributed by atoms with Gasteiger partial charge in [-0.2, -0.15) is 5.01 Å². The first kappa shape index (κ1) is 8.98. The number of amides is 1. The second kappa shape index (κ2) is 3.28. The van der Waals surface area contributed by atoms with E-state index in [0.29, 0.717) is 5.88 Å². The van der Waals surface area contributed by atoms with E-state index in [1.165, 1.54) is 4.79 Å². The number of carbonyl (C=O) groups is 1. The Morgan fingerprint density at radius 1 is 1.71 bits per heavy atom. The standard InChI is InChI=1S/C8H12N4O2/c1-11(2)12-5-7(14-10-12)9-8(13)6-3-4-6/h5-6H,3-4H2,1-2H3/p+1. The van der Waals surface area contributed by atoms with Crippen molar-refractivity contribution in [2.24, 2.45) is 5.92 Å². The molecule has 1 saturated carbocycles. The van der Waals surface area contributed by atoms with Crippen LogP contribution < -0.4 is 15.1 Å². The van der Waals surface area contributed by atoms with Crippen molar-refractivity contribution in [1.82, 2.24) is 5.27 Å². The van der Waals surface area contributed by atoms with E-state index < -0.39 is 0 Å². The predicted molar refractivity (Wildman–Crippen MR) is 48.1 cm³/mol. The van der Waals surface area contributed by atoms with Gasteiger partial charge in [0, 0.05) is 5.92 Å². The lowest BCUT2D eigenvalue weighted by Gasteiger charge is -1.95. The summed E-state index contributed by atoms with van der Waals surface area (Å²) in [6, 6.07) is 0. The molecule has 0 atom stereocenters. The second-order valence-electron chi connectivity index (χ2n) is 3.60. The van der Waals surface area contributed by atoms with Gasteiger partial charge in [0.1, 0.15) is 0 Å². The van der Waals surface area contributed by atoms with E-state index >= 15 is 0 Å². The van der Waals surface area contributed by atoms with Gasteiger partial charge in [0.2, 0.25) is 11.2 Å². The van der Waals surface area contributed by atoms with E-state index in [9.17, 15) is 4.79 Å². The number of rotatable bonds is 3. The third-order valence-corrected chi connectivity index (χ3v) is 2.06. The molecule has 0 unspecified atom stereocenters. The van der Waals surface area contributed by atoms with Gasteiger partial charge in [-0.15, -0.1) is 0 Å². The maximum absolute atomic E-state index is 11.3. The average molecular weight is 197 g/mol. The largest absolute Gasteiger partial charge is 0.305 e. The van der Waals surface area contributed by atoms with Gasteiger partial charge >= 0.3 is 5.88 Å². The Kier molecular flexibility index (Phi) is 2.11. The number of anilines is 1. The molecule has 2 rings (SSSR count). The number of hydrogen-bond acceptors (Lipinski definition) is 4. The molecule has 1 aromatic rings. The second-order valence-corrected chi connectivity index (χ2v) is 3.60. The van der Waals surface area contributed by atoms with Gasteiger partial charge in [-0.05, 0) is 12.8 Å². The highest BCUT2D eigenvalue weighted by Crippen LogP contribution is 2.29. The van der Waals surface area contributed by atoms with Crippen LogP contribution in [0.5, 0.6) is 0 Å². The SMILES string of the molecule is CN(C)[n+]1cc(NC(=O)C2CC2)on1. The maximum atomic E-state index is 11.3. The fourth-order valence-electron chi connectivity index (χ4n) is 1.05. The summed E-state index contributed by atoms with van der Waals surface area (Å²) in [6.07, 6.45) is 3.58. The quantitative estimate of drug-likeness (QED) is 0.664. The summed E-state index contributed by atoms with van der Waals surface area (Å²) in [5, 5.41) is 8.10. The minimum atomic E-state index is 0.0204. The molecule has 76 valence electrons. The zero-order chi connectivity index (χ0) is 10.1. The molecule has 1 fully saturated rings. The molecule has 0 bridgehead atoms. The molecule has 6 nitrogen and oxygen atoms in total. The van der Waals surface area contributed by atoms with Gasteiger partial charge in [-0.1, -0.05) is 0 Å². The normalized spacial score (nSPS) is 15.3. The molecule has 1 amide bonds. The van der Waals surface area contributed by atoms with Crippen molar-refractivity contribution < 1.29 is 14.1 Å². The Hall–Kier alpha value is -1.59. The molecule has 0 aromatic carbocycles. The van der Waals surface area contributed by atoms with E-state index in [-0.39, 0.29) is 11.8 Å². The minimum Gasteiger partial charge on any atom is -0.289 e. The number of carbonyl (C=O) groups excluding carboxylic acids is 1. The van der Waals surface area contributed by atoms with Crippen LogP contribution in [0.2, 0.25) is 0 Å². The molecule has 1 aliphatic rings. The first-order chi connectivity index (χ1) is 6.66. The van der Waals surface area contributed by atoms with Crippen molar-refractivity contribution in [3.05, 3.63) is 6.20 Å². The van der Waals surface area contributed by atoms with Crippen LogP contribution in [0.1, 0.15) is 12.8 Å². The molecular formula is C8H13N4O2+. The lowest BCUT2D eigenvalue weighted by atomic mass is 10.4. The molecule has 1 heterocycles. The van der Waals surface area contributed by atoms with Gasteiger partial charge in [-0.3, -0.25) is 14.6 Å². The number of nitrogens with zero attached hydrogens (tertiary/aromatic N) is 3. The zero-order valence-electron chi connectivity index (χ0n) is 8.23. The molecule has 1 N–H and O–H groups in total. The highest BCUT2D eigenvalue weighted by atomic mass is 16.5. The van der Waals surface area contributed by atoms with E-state index in [1.54, 1.807) is 11.2 Å². The Bertz CT molecular complexity index is 343. The Morgan fingerprint density at radius 2 is 2.43 bits per heavy atom. The van der Waals surface area contributed by atoms with E-state index in [0.717, 1.165) is 12.8 Å².